The molecule has 0 N–H and O–H groups in total. The average molecular weight is 193 g/mol. The van der Waals surface area contributed by atoms with Crippen molar-refractivity contribution in [3.05, 3.63) is 0 Å². The van der Waals surface area contributed by atoms with Crippen LogP contribution in [0.15, 0.2) is 0 Å². The average Bonchev–Trinajstić information content (AvgIpc) is 2.69. The molecule has 1 fully saturated rings. The number of hydrogen-bond acceptors (Lipinski definition) is 2. The molecule has 0 radical (unpaired) electrons. The monoisotopic (exact) mass is 193 g/mol. The lowest BCUT2D eigenvalue weighted by molar-refractivity contribution is -0.131. The molecule has 0 aromatic rings. The van der Waals surface area contributed by atoms with E-state index in [4.69, 9.17) is 5.26 Å². The highest BCUT2D eigenvalue weighted by atomic mass is 16.1. The van der Waals surface area contributed by atoms with E-state index in [1.807, 2.05) is 6.92 Å². The first-order chi connectivity index (χ1) is 6.70. The predicted molar refractivity (Wildman–Crippen MR) is 55.6 cm³/mol. The Morgan fingerprint density at radius 3 is 2.36 bits per heavy atom. The van der Waals surface area contributed by atoms with Crippen LogP contribution in [-0.2, 0) is 4.79 Å². The second-order valence-corrected chi connectivity index (χ2v) is 4.30. The summed E-state index contributed by atoms with van der Waals surface area (Å²) < 4.78 is 0. The highest BCUT2D eigenvalue weighted by Crippen LogP contribution is 2.43. The standard InChI is InChI=1S/C12H19NO/c1-3-10(9-13)11(14)12(4-2)7-5-6-8-12/h10H,3-8H2,1-2H3. The highest BCUT2D eigenvalue weighted by molar-refractivity contribution is 5.89. The first kappa shape index (κ1) is 11.2. The van der Waals surface area contributed by atoms with Crippen LogP contribution in [0, 0.1) is 22.7 Å². The highest BCUT2D eigenvalue weighted by Gasteiger charge is 2.41. The van der Waals surface area contributed by atoms with Crippen molar-refractivity contribution < 1.29 is 4.79 Å². The predicted octanol–water partition coefficient (Wildman–Crippen LogP) is 3.08. The summed E-state index contributed by atoms with van der Waals surface area (Å²) in [5.74, 6) is -0.157. The molecular formula is C12H19NO. The molecule has 0 amide bonds. The van der Waals surface area contributed by atoms with Gasteiger partial charge in [-0.2, -0.15) is 5.26 Å². The molecule has 1 aliphatic rings. The molecule has 2 heteroatoms. The van der Waals surface area contributed by atoms with Crippen LogP contribution < -0.4 is 0 Å². The molecule has 0 heterocycles. The van der Waals surface area contributed by atoms with E-state index < -0.39 is 0 Å². The maximum absolute atomic E-state index is 12.1. The van der Waals surface area contributed by atoms with Gasteiger partial charge < -0.3 is 0 Å². The normalized spacial score (nSPS) is 21.5. The van der Waals surface area contributed by atoms with Gasteiger partial charge in [-0.25, -0.2) is 0 Å². The van der Waals surface area contributed by atoms with Gasteiger partial charge in [0.05, 0.1) is 6.07 Å². The van der Waals surface area contributed by atoms with Gasteiger partial charge in [-0.15, -0.1) is 0 Å². The van der Waals surface area contributed by atoms with Crippen LogP contribution in [0.1, 0.15) is 52.4 Å². The lowest BCUT2D eigenvalue weighted by Crippen LogP contribution is -2.32. The van der Waals surface area contributed by atoms with Gasteiger partial charge in [-0.05, 0) is 25.7 Å². The van der Waals surface area contributed by atoms with E-state index in [1.165, 1.54) is 0 Å². The summed E-state index contributed by atoms with van der Waals surface area (Å²) in [4.78, 5) is 12.1. The Bertz CT molecular complexity index is 246. The van der Waals surface area contributed by atoms with Gasteiger partial charge in [0.15, 0.2) is 5.78 Å². The summed E-state index contributed by atoms with van der Waals surface area (Å²) in [7, 11) is 0. The first-order valence-electron chi connectivity index (χ1n) is 5.64. The molecule has 1 aliphatic carbocycles. The summed E-state index contributed by atoms with van der Waals surface area (Å²) in [5, 5.41) is 8.90. The summed E-state index contributed by atoms with van der Waals surface area (Å²) in [6.45, 7) is 4.00. The van der Waals surface area contributed by atoms with E-state index in [0.29, 0.717) is 6.42 Å². The fraction of sp³-hybridized carbons (Fsp3) is 0.833. The van der Waals surface area contributed by atoms with Crippen LogP contribution in [-0.4, -0.2) is 5.78 Å². The number of nitriles is 1. The Morgan fingerprint density at radius 1 is 1.43 bits per heavy atom. The van der Waals surface area contributed by atoms with Crippen LogP contribution in [0.25, 0.3) is 0 Å². The van der Waals surface area contributed by atoms with Gasteiger partial charge in [0.25, 0.3) is 0 Å². The minimum Gasteiger partial charge on any atom is -0.298 e. The third-order valence-corrected chi connectivity index (χ3v) is 3.64. The number of nitrogens with zero attached hydrogens (tertiary/aromatic N) is 1. The van der Waals surface area contributed by atoms with Crippen molar-refractivity contribution in [3.8, 4) is 6.07 Å². The molecule has 1 saturated carbocycles. The van der Waals surface area contributed by atoms with Crippen molar-refractivity contribution in [3.63, 3.8) is 0 Å². The molecule has 0 aliphatic heterocycles. The Hall–Kier alpha value is -0.840. The molecule has 1 unspecified atom stereocenters. The number of carbonyl (C=O) groups excluding carboxylic acids is 1. The van der Waals surface area contributed by atoms with Crippen molar-refractivity contribution >= 4 is 5.78 Å². The molecular weight excluding hydrogens is 174 g/mol. The molecule has 2 nitrogen and oxygen atoms in total. The van der Waals surface area contributed by atoms with Crippen LogP contribution in [0.3, 0.4) is 0 Å². The van der Waals surface area contributed by atoms with Gasteiger partial charge in [-0.1, -0.05) is 26.7 Å². The number of rotatable bonds is 4. The third-order valence-electron chi connectivity index (χ3n) is 3.64. The molecule has 0 saturated heterocycles. The van der Waals surface area contributed by atoms with Gasteiger partial charge in [0, 0.05) is 5.41 Å². The van der Waals surface area contributed by atoms with Crippen molar-refractivity contribution in [1.82, 2.24) is 0 Å². The maximum atomic E-state index is 12.1. The van der Waals surface area contributed by atoms with Crippen molar-refractivity contribution in [2.75, 3.05) is 0 Å². The zero-order valence-electron chi connectivity index (χ0n) is 9.18. The lowest BCUT2D eigenvalue weighted by Gasteiger charge is -2.27. The van der Waals surface area contributed by atoms with Crippen molar-refractivity contribution in [1.29, 1.82) is 5.26 Å². The summed E-state index contributed by atoms with van der Waals surface area (Å²) in [5.41, 5.74) is -0.142. The molecule has 0 aromatic carbocycles. The number of Topliss-reactive ketones (excluding diaryl/α,β-unsaturated/α-hetero) is 1. The fourth-order valence-electron chi connectivity index (χ4n) is 2.53. The third kappa shape index (κ3) is 1.82. The van der Waals surface area contributed by atoms with Crippen LogP contribution in [0.4, 0.5) is 0 Å². The van der Waals surface area contributed by atoms with E-state index in [2.05, 4.69) is 13.0 Å². The van der Waals surface area contributed by atoms with Gasteiger partial charge in [0.1, 0.15) is 5.92 Å². The molecule has 0 spiro atoms. The van der Waals surface area contributed by atoms with Crippen LogP contribution in [0.2, 0.25) is 0 Å². The van der Waals surface area contributed by atoms with E-state index in [-0.39, 0.29) is 17.1 Å². The second kappa shape index (κ2) is 4.59. The fourth-order valence-corrected chi connectivity index (χ4v) is 2.53. The molecule has 0 aromatic heterocycles. The minimum atomic E-state index is -0.368. The van der Waals surface area contributed by atoms with Gasteiger partial charge in [0.2, 0.25) is 0 Å². The summed E-state index contributed by atoms with van der Waals surface area (Å²) in [6, 6.07) is 2.14. The zero-order chi connectivity index (χ0) is 10.6. The molecule has 78 valence electrons. The Kier molecular flexibility index (Phi) is 3.69. The number of ketones is 1. The zero-order valence-corrected chi connectivity index (χ0v) is 9.18. The molecule has 1 atom stereocenters. The van der Waals surface area contributed by atoms with Gasteiger partial charge >= 0.3 is 0 Å². The Balaban J connectivity index is 2.79. The Morgan fingerprint density at radius 2 is 2.00 bits per heavy atom. The van der Waals surface area contributed by atoms with Crippen LogP contribution in [0.5, 0.6) is 0 Å². The van der Waals surface area contributed by atoms with Crippen LogP contribution >= 0.6 is 0 Å². The number of carbonyl (C=O) groups is 1. The lowest BCUT2D eigenvalue weighted by atomic mass is 9.74. The minimum absolute atomic E-state index is 0.142. The van der Waals surface area contributed by atoms with E-state index in [0.717, 1.165) is 32.1 Å². The molecule has 14 heavy (non-hydrogen) atoms. The quantitative estimate of drug-likeness (QED) is 0.688. The van der Waals surface area contributed by atoms with E-state index in [9.17, 15) is 4.79 Å². The van der Waals surface area contributed by atoms with E-state index in [1.54, 1.807) is 0 Å². The molecule has 1 rings (SSSR count). The SMILES string of the molecule is CCC(C#N)C(=O)C1(CC)CCCC1. The van der Waals surface area contributed by atoms with Crippen molar-refractivity contribution in [2.24, 2.45) is 11.3 Å². The maximum Gasteiger partial charge on any atom is 0.156 e. The second-order valence-electron chi connectivity index (χ2n) is 4.30. The largest absolute Gasteiger partial charge is 0.298 e. The number of hydrogen-bond donors (Lipinski definition) is 0. The topological polar surface area (TPSA) is 40.9 Å². The Labute approximate surface area is 86.3 Å². The smallest absolute Gasteiger partial charge is 0.156 e. The summed E-state index contributed by atoms with van der Waals surface area (Å²) >= 11 is 0. The first-order valence-corrected chi connectivity index (χ1v) is 5.64. The van der Waals surface area contributed by atoms with E-state index >= 15 is 0 Å². The molecule has 0 bridgehead atoms. The van der Waals surface area contributed by atoms with Crippen molar-refractivity contribution in [2.45, 2.75) is 52.4 Å². The summed E-state index contributed by atoms with van der Waals surface area (Å²) in [6.07, 6.45) is 5.88. The van der Waals surface area contributed by atoms with Gasteiger partial charge in [-0.3, -0.25) is 4.79 Å².